The first-order valence-corrected chi connectivity index (χ1v) is 31.5. The highest BCUT2D eigenvalue weighted by molar-refractivity contribution is 7.25. The van der Waals surface area contributed by atoms with Gasteiger partial charge in [0.25, 0.3) is 0 Å². The lowest BCUT2D eigenvalue weighted by atomic mass is 9.95. The van der Waals surface area contributed by atoms with Crippen LogP contribution in [0.4, 0.5) is 0 Å². The standard InChI is InChI=1S/C80H51NSSi/c1-3-19-63(20-4-1)83(64-21-5-2-6-22-64)79-50-61(60-40-46-78-74(49-60)69-25-11-12-28-77(69)82-78)37-42-70(79)71-43-41-62(51-80(71)83)81-75-44-38-58(52-29-33-56(34-30-52)67-26-13-17-54-15-7-9-23-65(54)67)47-72(75)73-48-59(39-45-76(73)81)53-31-35-57(36-32-53)68-27-14-18-55-16-8-10-24-66(55)68/h1-51H. The molecule has 0 N–H and O–H groups in total. The Balaban J connectivity index is 0.846. The van der Waals surface area contributed by atoms with Crippen LogP contribution in [0.15, 0.2) is 309 Å². The average Bonchev–Trinajstić information content (AvgIpc) is 1.80. The van der Waals surface area contributed by atoms with Gasteiger partial charge in [0.1, 0.15) is 0 Å². The zero-order valence-corrected chi connectivity index (χ0v) is 47.1. The maximum atomic E-state index is 2.57. The van der Waals surface area contributed by atoms with Crippen LogP contribution in [0.3, 0.4) is 0 Å². The number of hydrogen-bond acceptors (Lipinski definition) is 1. The molecule has 1 aliphatic rings. The molecule has 17 rings (SSSR count). The first-order chi connectivity index (χ1) is 41.1. The predicted octanol–water partition coefficient (Wildman–Crippen LogP) is 19.2. The Morgan fingerprint density at radius 3 is 1.24 bits per heavy atom. The zero-order valence-electron chi connectivity index (χ0n) is 45.3. The van der Waals surface area contributed by atoms with Crippen molar-refractivity contribution in [1.29, 1.82) is 0 Å². The number of fused-ring (bicyclic) bond motifs is 11. The Hall–Kier alpha value is -10.2. The Labute approximate surface area is 486 Å². The Morgan fingerprint density at radius 1 is 0.241 bits per heavy atom. The van der Waals surface area contributed by atoms with Crippen molar-refractivity contribution in [2.45, 2.75) is 0 Å². The predicted molar refractivity (Wildman–Crippen MR) is 358 cm³/mol. The molecule has 83 heavy (non-hydrogen) atoms. The van der Waals surface area contributed by atoms with Crippen LogP contribution < -0.4 is 20.7 Å². The van der Waals surface area contributed by atoms with Crippen LogP contribution in [0.5, 0.6) is 0 Å². The van der Waals surface area contributed by atoms with Gasteiger partial charge in [-0.2, -0.15) is 0 Å². The van der Waals surface area contributed by atoms with E-state index in [1.807, 2.05) is 11.3 Å². The summed E-state index contributed by atoms with van der Waals surface area (Å²) in [5.74, 6) is 0. The van der Waals surface area contributed by atoms with E-state index in [0.29, 0.717) is 0 Å². The van der Waals surface area contributed by atoms with Gasteiger partial charge in [0.15, 0.2) is 8.07 Å². The number of thiophene rings is 1. The molecule has 0 saturated heterocycles. The molecule has 386 valence electrons. The summed E-state index contributed by atoms with van der Waals surface area (Å²) in [4.78, 5) is 0. The fraction of sp³-hybridized carbons (Fsp3) is 0. The number of rotatable bonds is 8. The minimum Gasteiger partial charge on any atom is -0.309 e. The van der Waals surface area contributed by atoms with Crippen molar-refractivity contribution in [2.24, 2.45) is 0 Å². The third-order valence-electron chi connectivity index (χ3n) is 17.9. The van der Waals surface area contributed by atoms with Crippen LogP contribution in [0, 0.1) is 0 Å². The molecule has 14 aromatic carbocycles. The van der Waals surface area contributed by atoms with Gasteiger partial charge >= 0.3 is 0 Å². The van der Waals surface area contributed by atoms with Crippen LogP contribution in [0.2, 0.25) is 0 Å². The van der Waals surface area contributed by atoms with Crippen molar-refractivity contribution in [3.8, 4) is 72.4 Å². The lowest BCUT2D eigenvalue weighted by molar-refractivity contribution is 1.18. The van der Waals surface area contributed by atoms with Gasteiger partial charge in [-0.05, 0) is 164 Å². The molecule has 0 bridgehead atoms. The summed E-state index contributed by atoms with van der Waals surface area (Å²) in [5, 5.41) is 15.8. The van der Waals surface area contributed by atoms with Crippen molar-refractivity contribution in [3.05, 3.63) is 309 Å². The monoisotopic (exact) mass is 1090 g/mol. The third kappa shape index (κ3) is 7.52. The van der Waals surface area contributed by atoms with Gasteiger partial charge in [-0.25, -0.2) is 0 Å². The molecule has 3 heterocycles. The summed E-state index contributed by atoms with van der Waals surface area (Å²) >= 11 is 1.88. The van der Waals surface area contributed by atoms with Crippen LogP contribution in [-0.4, -0.2) is 12.6 Å². The summed E-state index contributed by atoms with van der Waals surface area (Å²) in [7, 11) is -2.96. The van der Waals surface area contributed by atoms with Gasteiger partial charge in [0, 0.05) is 36.6 Å². The van der Waals surface area contributed by atoms with Crippen molar-refractivity contribution in [3.63, 3.8) is 0 Å². The molecule has 16 aromatic rings. The molecule has 2 aromatic heterocycles. The van der Waals surface area contributed by atoms with Gasteiger partial charge in [-0.15, -0.1) is 11.3 Å². The van der Waals surface area contributed by atoms with Crippen LogP contribution in [0.25, 0.3) is 136 Å². The molecular formula is C80H51NSSi. The van der Waals surface area contributed by atoms with Gasteiger partial charge in [0.2, 0.25) is 0 Å². The number of nitrogens with zero attached hydrogens (tertiary/aromatic N) is 1. The molecular weight excluding hydrogens is 1040 g/mol. The molecule has 0 unspecified atom stereocenters. The lowest BCUT2D eigenvalue weighted by Gasteiger charge is -2.32. The van der Waals surface area contributed by atoms with Gasteiger partial charge < -0.3 is 4.57 Å². The SMILES string of the molecule is c1ccc([Si]2(c3ccccc3)c3cc(-c4ccc5sc6ccccc6c5c4)ccc3-c3ccc(-n4c5ccc(-c6ccc(-c7cccc8ccccc78)cc6)cc5c5cc(-c6ccc(-c7cccc8ccccc78)cc6)ccc54)cc32)cc1. The summed E-state index contributed by atoms with van der Waals surface area (Å²) in [6, 6.07) is 117. The number of hydrogen-bond donors (Lipinski definition) is 0. The van der Waals surface area contributed by atoms with Crippen molar-refractivity contribution in [2.75, 3.05) is 0 Å². The van der Waals surface area contributed by atoms with Crippen LogP contribution >= 0.6 is 11.3 Å². The number of aromatic nitrogens is 1. The fourth-order valence-corrected chi connectivity index (χ4v) is 20.3. The van der Waals surface area contributed by atoms with Crippen molar-refractivity contribution >= 4 is 104 Å². The summed E-state index contributed by atoms with van der Waals surface area (Å²) in [5.41, 5.74) is 18.4. The second kappa shape index (κ2) is 19.0. The van der Waals surface area contributed by atoms with E-state index >= 15 is 0 Å². The Bertz CT molecular complexity index is 5020. The molecule has 0 amide bonds. The maximum absolute atomic E-state index is 2.96. The van der Waals surface area contributed by atoms with Crippen LogP contribution in [-0.2, 0) is 0 Å². The van der Waals surface area contributed by atoms with E-state index in [1.54, 1.807) is 0 Å². The molecule has 0 saturated carbocycles. The molecule has 0 atom stereocenters. The zero-order chi connectivity index (χ0) is 54.6. The van der Waals surface area contributed by atoms with E-state index in [-0.39, 0.29) is 0 Å². The molecule has 0 aliphatic carbocycles. The Kier molecular flexibility index (Phi) is 10.9. The van der Waals surface area contributed by atoms with Crippen LogP contribution in [0.1, 0.15) is 0 Å². The highest BCUT2D eigenvalue weighted by atomic mass is 32.1. The normalized spacial score (nSPS) is 12.7. The first kappa shape index (κ1) is 47.6. The molecule has 0 fully saturated rings. The third-order valence-corrected chi connectivity index (χ3v) is 23.9. The van der Waals surface area contributed by atoms with E-state index in [9.17, 15) is 0 Å². The molecule has 1 nitrogen and oxygen atoms in total. The maximum Gasteiger partial charge on any atom is 0.180 e. The Morgan fingerprint density at radius 2 is 0.651 bits per heavy atom. The van der Waals surface area contributed by atoms with E-state index in [0.717, 1.165) is 5.69 Å². The average molecular weight is 1090 g/mol. The van der Waals surface area contributed by atoms with Crippen molar-refractivity contribution < 1.29 is 0 Å². The van der Waals surface area contributed by atoms with E-state index < -0.39 is 8.07 Å². The summed E-state index contributed by atoms with van der Waals surface area (Å²) < 4.78 is 5.19. The molecule has 0 spiro atoms. The van der Waals surface area contributed by atoms with Gasteiger partial charge in [0.05, 0.1) is 11.0 Å². The molecule has 1 aliphatic heterocycles. The van der Waals surface area contributed by atoms with Crippen molar-refractivity contribution in [1.82, 2.24) is 4.57 Å². The second-order valence-electron chi connectivity index (χ2n) is 22.3. The topological polar surface area (TPSA) is 4.93 Å². The lowest BCUT2D eigenvalue weighted by Crippen LogP contribution is -2.72. The van der Waals surface area contributed by atoms with E-state index in [2.05, 4.69) is 314 Å². The smallest absolute Gasteiger partial charge is 0.180 e. The highest BCUT2D eigenvalue weighted by Gasteiger charge is 2.49. The van der Waals surface area contributed by atoms with E-state index in [1.165, 1.54) is 151 Å². The highest BCUT2D eigenvalue weighted by Crippen LogP contribution is 2.42. The summed E-state index contributed by atoms with van der Waals surface area (Å²) in [6.45, 7) is 0. The first-order valence-electron chi connectivity index (χ1n) is 28.7. The quantitative estimate of drug-likeness (QED) is 0.134. The second-order valence-corrected chi connectivity index (χ2v) is 27.1. The minimum atomic E-state index is -2.96. The number of benzene rings is 14. The minimum absolute atomic E-state index is 1.16. The summed E-state index contributed by atoms with van der Waals surface area (Å²) in [6.07, 6.45) is 0. The van der Waals surface area contributed by atoms with Gasteiger partial charge in [-0.1, -0.05) is 255 Å². The van der Waals surface area contributed by atoms with Gasteiger partial charge in [-0.3, -0.25) is 0 Å². The fourth-order valence-electron chi connectivity index (χ4n) is 14.0. The molecule has 3 heteroatoms. The van der Waals surface area contributed by atoms with E-state index in [4.69, 9.17) is 0 Å². The molecule has 0 radical (unpaired) electrons. The largest absolute Gasteiger partial charge is 0.309 e.